The molecule has 1 aliphatic heterocycles. The second-order valence-electron chi connectivity index (χ2n) is 7.18. The van der Waals surface area contributed by atoms with Gasteiger partial charge in [0, 0.05) is 24.6 Å². The monoisotopic (exact) mass is 439 g/mol. The molecular weight excluding hydrogens is 420 g/mol. The van der Waals surface area contributed by atoms with Crippen LogP contribution in [0.3, 0.4) is 0 Å². The van der Waals surface area contributed by atoms with E-state index >= 15 is 0 Å². The summed E-state index contributed by atoms with van der Waals surface area (Å²) in [4.78, 5) is 27.8. The van der Waals surface area contributed by atoms with Gasteiger partial charge in [0.2, 0.25) is 0 Å². The summed E-state index contributed by atoms with van der Waals surface area (Å²) in [5.41, 5.74) is 1.20. The average molecular weight is 439 g/mol. The van der Waals surface area contributed by atoms with Crippen molar-refractivity contribution in [2.45, 2.75) is 12.5 Å². The van der Waals surface area contributed by atoms with E-state index in [1.165, 1.54) is 52.6 Å². The van der Waals surface area contributed by atoms with E-state index in [2.05, 4.69) is 5.10 Å². The van der Waals surface area contributed by atoms with Crippen molar-refractivity contribution in [2.24, 2.45) is 5.10 Å². The second kappa shape index (κ2) is 8.77. The van der Waals surface area contributed by atoms with Crippen LogP contribution in [0.25, 0.3) is 0 Å². The smallest absolute Gasteiger partial charge is 0.262 e. The fourth-order valence-electron chi connectivity index (χ4n) is 3.51. The molecule has 1 aromatic heterocycles. The number of halogens is 2. The van der Waals surface area contributed by atoms with Gasteiger partial charge in [-0.2, -0.15) is 5.10 Å². The van der Waals surface area contributed by atoms with Crippen LogP contribution in [0.15, 0.2) is 71.1 Å². The molecule has 0 spiro atoms. The Morgan fingerprint density at radius 3 is 2.65 bits per heavy atom. The van der Waals surface area contributed by atoms with Crippen LogP contribution in [-0.2, 0) is 4.79 Å². The Balaban J connectivity index is 1.58. The summed E-state index contributed by atoms with van der Waals surface area (Å²) in [6.45, 7) is -0.276. The standard InChI is InChI=1S/C23H19F2N3O2S/c1-27(23(30)15-6-4-7-16(24)12-15)14-22(29)28-20(17-8-2-3-9-18(17)25)13-19(26-28)21-10-5-11-31-21/h2-12,20H,13-14H2,1H3. The molecule has 0 radical (unpaired) electrons. The zero-order valence-electron chi connectivity index (χ0n) is 16.7. The van der Waals surface area contributed by atoms with Crippen LogP contribution in [-0.4, -0.2) is 41.0 Å². The maximum Gasteiger partial charge on any atom is 0.262 e. The third-order valence-electron chi connectivity index (χ3n) is 5.03. The zero-order chi connectivity index (χ0) is 22.0. The van der Waals surface area contributed by atoms with Gasteiger partial charge < -0.3 is 4.90 Å². The Kier molecular flexibility index (Phi) is 5.90. The van der Waals surface area contributed by atoms with Gasteiger partial charge in [0.15, 0.2) is 0 Å². The van der Waals surface area contributed by atoms with Gasteiger partial charge in [0.1, 0.15) is 18.2 Å². The summed E-state index contributed by atoms with van der Waals surface area (Å²) in [6, 6.07) is 14.7. The summed E-state index contributed by atoms with van der Waals surface area (Å²) in [5.74, 6) is -1.89. The predicted molar refractivity (Wildman–Crippen MR) is 115 cm³/mol. The third kappa shape index (κ3) is 4.39. The Bertz CT molecular complexity index is 1150. The molecule has 1 aliphatic rings. The Hall–Kier alpha value is -3.39. The van der Waals surface area contributed by atoms with E-state index in [-0.39, 0.29) is 12.1 Å². The highest BCUT2D eigenvalue weighted by molar-refractivity contribution is 7.12. The van der Waals surface area contributed by atoms with E-state index in [0.717, 1.165) is 10.9 Å². The van der Waals surface area contributed by atoms with Crippen molar-refractivity contribution in [3.8, 4) is 0 Å². The van der Waals surface area contributed by atoms with Crippen molar-refractivity contribution >= 4 is 28.9 Å². The molecule has 0 saturated carbocycles. The fraction of sp³-hybridized carbons (Fsp3) is 0.174. The van der Waals surface area contributed by atoms with Gasteiger partial charge in [-0.1, -0.05) is 30.3 Å². The number of thiophene rings is 1. The molecule has 4 rings (SSSR count). The van der Waals surface area contributed by atoms with Crippen LogP contribution in [0.5, 0.6) is 0 Å². The number of amides is 2. The Morgan fingerprint density at radius 2 is 1.94 bits per heavy atom. The first-order valence-corrected chi connectivity index (χ1v) is 10.5. The number of carbonyl (C=O) groups excluding carboxylic acids is 2. The largest absolute Gasteiger partial charge is 0.332 e. The maximum atomic E-state index is 14.5. The van der Waals surface area contributed by atoms with Gasteiger partial charge in [-0.3, -0.25) is 9.59 Å². The van der Waals surface area contributed by atoms with Crippen molar-refractivity contribution in [1.29, 1.82) is 0 Å². The van der Waals surface area contributed by atoms with Crippen LogP contribution in [0, 0.1) is 11.6 Å². The first kappa shape index (κ1) is 20.9. The normalized spacial score (nSPS) is 15.6. The highest BCUT2D eigenvalue weighted by Gasteiger charge is 2.35. The van der Waals surface area contributed by atoms with Gasteiger partial charge in [0.05, 0.1) is 16.6 Å². The molecule has 1 atom stereocenters. The maximum absolute atomic E-state index is 14.5. The lowest BCUT2D eigenvalue weighted by atomic mass is 10.0. The van der Waals surface area contributed by atoms with E-state index < -0.39 is 29.5 Å². The molecular formula is C23H19F2N3O2S. The van der Waals surface area contributed by atoms with E-state index in [0.29, 0.717) is 17.7 Å². The summed E-state index contributed by atoms with van der Waals surface area (Å²) >= 11 is 1.49. The topological polar surface area (TPSA) is 53.0 Å². The number of benzene rings is 2. The number of rotatable bonds is 5. The SMILES string of the molecule is CN(CC(=O)N1N=C(c2cccs2)CC1c1ccccc1F)C(=O)c1cccc(F)c1. The lowest BCUT2D eigenvalue weighted by molar-refractivity contribution is -0.133. The number of nitrogens with zero attached hydrogens (tertiary/aromatic N) is 3. The molecule has 2 heterocycles. The van der Waals surface area contributed by atoms with Crippen molar-refractivity contribution in [1.82, 2.24) is 9.91 Å². The van der Waals surface area contributed by atoms with Gasteiger partial charge in [-0.25, -0.2) is 13.8 Å². The van der Waals surface area contributed by atoms with Crippen LogP contribution in [0.4, 0.5) is 8.78 Å². The van der Waals surface area contributed by atoms with Gasteiger partial charge >= 0.3 is 0 Å². The highest BCUT2D eigenvalue weighted by atomic mass is 32.1. The minimum Gasteiger partial charge on any atom is -0.332 e. The number of likely N-dealkylation sites (N-methyl/N-ethyl adjacent to an activating group) is 1. The quantitative estimate of drug-likeness (QED) is 0.589. The molecule has 8 heteroatoms. The zero-order valence-corrected chi connectivity index (χ0v) is 17.5. The second-order valence-corrected chi connectivity index (χ2v) is 8.12. The third-order valence-corrected chi connectivity index (χ3v) is 5.95. The Morgan fingerprint density at radius 1 is 1.13 bits per heavy atom. The predicted octanol–water partition coefficient (Wildman–Crippen LogP) is 4.48. The highest BCUT2D eigenvalue weighted by Crippen LogP contribution is 2.35. The number of hydrogen-bond donors (Lipinski definition) is 0. The number of hydrogen-bond acceptors (Lipinski definition) is 4. The number of hydrazone groups is 1. The fourth-order valence-corrected chi connectivity index (χ4v) is 4.23. The lowest BCUT2D eigenvalue weighted by Crippen LogP contribution is -2.39. The molecule has 0 aliphatic carbocycles. The summed E-state index contributed by atoms with van der Waals surface area (Å²) in [7, 11) is 1.46. The minimum atomic E-state index is -0.608. The van der Waals surface area contributed by atoms with E-state index in [1.54, 1.807) is 18.2 Å². The summed E-state index contributed by atoms with van der Waals surface area (Å²) in [5, 5.41) is 7.64. The molecule has 0 N–H and O–H groups in total. The van der Waals surface area contributed by atoms with Crippen molar-refractivity contribution in [3.05, 3.63) is 93.7 Å². The lowest BCUT2D eigenvalue weighted by Gasteiger charge is -2.25. The first-order chi connectivity index (χ1) is 14.9. The molecule has 3 aromatic rings. The van der Waals surface area contributed by atoms with Gasteiger partial charge in [-0.05, 0) is 35.7 Å². The van der Waals surface area contributed by atoms with Gasteiger partial charge in [-0.15, -0.1) is 11.3 Å². The average Bonchev–Trinajstić information content (AvgIpc) is 3.43. The number of carbonyl (C=O) groups is 2. The van der Waals surface area contributed by atoms with E-state index in [4.69, 9.17) is 0 Å². The molecule has 5 nitrogen and oxygen atoms in total. The molecule has 31 heavy (non-hydrogen) atoms. The Labute approximate surface area is 182 Å². The van der Waals surface area contributed by atoms with E-state index in [1.807, 2.05) is 17.5 Å². The summed E-state index contributed by atoms with van der Waals surface area (Å²) in [6.07, 6.45) is 0.370. The summed E-state index contributed by atoms with van der Waals surface area (Å²) < 4.78 is 28.0. The molecule has 2 amide bonds. The molecule has 2 aromatic carbocycles. The molecule has 0 bridgehead atoms. The molecule has 1 unspecified atom stereocenters. The van der Waals surface area contributed by atoms with Crippen LogP contribution >= 0.6 is 11.3 Å². The van der Waals surface area contributed by atoms with Gasteiger partial charge in [0.25, 0.3) is 11.8 Å². The van der Waals surface area contributed by atoms with Crippen molar-refractivity contribution < 1.29 is 18.4 Å². The van der Waals surface area contributed by atoms with Crippen LogP contribution < -0.4 is 0 Å². The first-order valence-electron chi connectivity index (χ1n) is 9.63. The molecule has 0 fully saturated rings. The van der Waals surface area contributed by atoms with Crippen molar-refractivity contribution in [3.63, 3.8) is 0 Å². The van der Waals surface area contributed by atoms with Crippen LogP contribution in [0.1, 0.15) is 33.3 Å². The molecule has 158 valence electrons. The molecule has 0 saturated heterocycles. The van der Waals surface area contributed by atoms with Crippen molar-refractivity contribution in [2.75, 3.05) is 13.6 Å². The van der Waals surface area contributed by atoms with Crippen LogP contribution in [0.2, 0.25) is 0 Å². The minimum absolute atomic E-state index is 0.144. The van der Waals surface area contributed by atoms with E-state index in [9.17, 15) is 18.4 Å².